The van der Waals surface area contributed by atoms with Gasteiger partial charge in [0.2, 0.25) is 5.91 Å². The highest BCUT2D eigenvalue weighted by molar-refractivity contribution is 7.90. The maximum Gasteiger partial charge on any atom is 0.469 e. The van der Waals surface area contributed by atoms with E-state index in [9.17, 15) is 51.7 Å². The zero-order valence-corrected chi connectivity index (χ0v) is 32.6. The monoisotopic (exact) mass is 865 g/mol. The van der Waals surface area contributed by atoms with Gasteiger partial charge in [-0.15, -0.1) is 6.58 Å². The lowest BCUT2D eigenvalue weighted by molar-refractivity contribution is -0.160. The third kappa shape index (κ3) is 11.1. The van der Waals surface area contributed by atoms with Gasteiger partial charge in [0.15, 0.2) is 23.8 Å². The number of nitrogen functional groups attached to an aromatic ring is 2. The molecule has 314 valence electrons. The van der Waals surface area contributed by atoms with E-state index in [0.717, 1.165) is 17.2 Å². The number of anilines is 2. The minimum Gasteiger partial charge on any atom is -0.455 e. The summed E-state index contributed by atoms with van der Waals surface area (Å²) in [7, 11) is -13.8. The highest BCUT2D eigenvalue weighted by Crippen LogP contribution is 2.56. The maximum atomic E-state index is 13.9. The molecule has 2 aliphatic rings. The lowest BCUT2D eigenvalue weighted by Gasteiger charge is -2.26. The first kappa shape index (κ1) is 43.9. The summed E-state index contributed by atoms with van der Waals surface area (Å²) < 4.78 is 79.0. The lowest BCUT2D eigenvalue weighted by Crippen LogP contribution is -2.47. The molecule has 5 rings (SSSR count). The van der Waals surface area contributed by atoms with Crippen LogP contribution in [0.25, 0.3) is 11.2 Å². The summed E-state index contributed by atoms with van der Waals surface area (Å²) in [4.78, 5) is 84.4. The molecule has 0 radical (unpaired) electrons. The van der Waals surface area contributed by atoms with E-state index in [-0.39, 0.29) is 35.6 Å². The van der Waals surface area contributed by atoms with Gasteiger partial charge >= 0.3 is 27.1 Å². The standard InChI is InChI=1S/C29H41N9O16P2S/c1-3-4-5-20(39)35-15(7-9-57(2,48)49)28(41)54-24-17(53-27(23(24)40)38-14-34-22-25(31)32-13-33-26(22)38)12-50-55(43,44)18-10-21(37-8-6-19(30)36-29(37)42)52-16(18)11-51-56(45,46)47/h3,6,8,13-18,21,23-24,27,40H,1,4-5,7,9-12H2,2H3,(H,35,39)(H,43,44)(H2,30,36,42)(H2,31,32,33)(H2,45,46,47)/t15-,16+,17+,18-,21+,23+,24+,27+/m0/s1. The Hall–Kier alpha value is -4.20. The first-order valence-corrected chi connectivity index (χ1v) is 22.1. The molecule has 57 heavy (non-hydrogen) atoms. The van der Waals surface area contributed by atoms with Crippen LogP contribution >= 0.6 is 15.4 Å². The number of aromatic nitrogens is 6. The fourth-order valence-corrected chi connectivity index (χ4v) is 8.63. The van der Waals surface area contributed by atoms with Crippen molar-refractivity contribution in [2.24, 2.45) is 0 Å². The Morgan fingerprint density at radius 1 is 1.12 bits per heavy atom. The quantitative estimate of drug-likeness (QED) is 0.0424. The van der Waals surface area contributed by atoms with E-state index in [2.05, 4.69) is 36.4 Å². The molecule has 3 aromatic rings. The number of phosphoric acid groups is 1. The molecule has 28 heteroatoms. The molecular weight excluding hydrogens is 824 g/mol. The second-order valence-electron chi connectivity index (χ2n) is 13.0. The summed E-state index contributed by atoms with van der Waals surface area (Å²) in [5.41, 5.74) is 9.14. The largest absolute Gasteiger partial charge is 0.469 e. The third-order valence-corrected chi connectivity index (χ3v) is 12.2. The smallest absolute Gasteiger partial charge is 0.455 e. The molecule has 3 aromatic heterocycles. The predicted octanol–water partition coefficient (Wildman–Crippen LogP) is -1.73. The van der Waals surface area contributed by atoms with Crippen LogP contribution in [-0.4, -0.2) is 130 Å². The van der Waals surface area contributed by atoms with E-state index >= 15 is 0 Å². The summed E-state index contributed by atoms with van der Waals surface area (Å²) in [6.45, 7) is 1.70. The van der Waals surface area contributed by atoms with Gasteiger partial charge in [0.1, 0.15) is 52.0 Å². The number of fused-ring (bicyclic) bond motifs is 1. The highest BCUT2D eigenvalue weighted by atomic mass is 32.2. The molecule has 1 unspecified atom stereocenters. The number of hydrogen-bond donors (Lipinski definition) is 7. The van der Waals surface area contributed by atoms with E-state index in [1.165, 1.54) is 29.2 Å². The number of nitrogens with two attached hydrogens (primary N) is 2. The Bertz CT molecular complexity index is 2240. The second-order valence-corrected chi connectivity index (χ2v) is 18.6. The van der Waals surface area contributed by atoms with E-state index in [1.54, 1.807) is 0 Å². The molecule has 9 N–H and O–H groups in total. The molecule has 2 saturated heterocycles. The first-order valence-electron chi connectivity index (χ1n) is 16.9. The Morgan fingerprint density at radius 2 is 1.84 bits per heavy atom. The molecule has 5 heterocycles. The SMILES string of the molecule is C=CCCC(=O)N[C@@H](CCS(C)(=O)=O)C(=O)O[C@H]1[C@@H](O)[C@H](n2cnc3c(N)ncnc32)O[C@@H]1COP(=O)(O)[C@H]1C[C@H](n2ccc(N)nc2=O)O[C@@H]1COP(=O)(O)O. The van der Waals surface area contributed by atoms with Gasteiger partial charge in [-0.05, 0) is 18.9 Å². The molecule has 25 nitrogen and oxygen atoms in total. The first-order chi connectivity index (χ1) is 26.7. The van der Waals surface area contributed by atoms with Crippen LogP contribution in [0.3, 0.4) is 0 Å². The lowest BCUT2D eigenvalue weighted by atomic mass is 10.1. The van der Waals surface area contributed by atoms with Crippen LogP contribution in [0.5, 0.6) is 0 Å². The maximum absolute atomic E-state index is 13.9. The average molecular weight is 866 g/mol. The number of aliphatic hydroxyl groups excluding tert-OH is 1. The Labute approximate surface area is 323 Å². The van der Waals surface area contributed by atoms with E-state index in [1.807, 2.05) is 0 Å². The molecule has 9 atom stereocenters. The van der Waals surface area contributed by atoms with Crippen molar-refractivity contribution in [2.45, 2.75) is 74.3 Å². The normalized spacial score (nSPS) is 25.5. The number of sulfone groups is 1. The number of allylic oxidation sites excluding steroid dienone is 1. The highest BCUT2D eigenvalue weighted by Gasteiger charge is 2.52. The number of phosphoric ester groups is 1. The van der Waals surface area contributed by atoms with Gasteiger partial charge in [-0.3, -0.25) is 23.0 Å². The minimum absolute atomic E-state index is 0.0254. The Balaban J connectivity index is 1.43. The number of nitrogens with one attached hydrogen (secondary N) is 1. The van der Waals surface area contributed by atoms with Crippen LogP contribution in [-0.2, 0) is 51.8 Å². The van der Waals surface area contributed by atoms with Gasteiger partial charge in [-0.25, -0.2) is 37.5 Å². The summed E-state index contributed by atoms with van der Waals surface area (Å²) in [5, 5.41) is 14.0. The average Bonchev–Trinajstić information content (AvgIpc) is 3.83. The van der Waals surface area contributed by atoms with Crippen LogP contribution in [0.4, 0.5) is 11.6 Å². The molecule has 0 aromatic carbocycles. The third-order valence-electron chi connectivity index (χ3n) is 8.81. The van der Waals surface area contributed by atoms with Crippen molar-refractivity contribution in [3.05, 3.63) is 48.1 Å². The topological polar surface area (TPSA) is 372 Å². The summed E-state index contributed by atoms with van der Waals surface area (Å²) in [5.74, 6) is -2.53. The van der Waals surface area contributed by atoms with Gasteiger partial charge in [-0.1, -0.05) is 6.08 Å². The van der Waals surface area contributed by atoms with Crippen LogP contribution in [0.1, 0.15) is 38.1 Å². The summed E-state index contributed by atoms with van der Waals surface area (Å²) in [6, 6.07) is -0.291. The number of nitrogens with zero attached hydrogens (tertiary/aromatic N) is 6. The van der Waals surface area contributed by atoms with E-state index in [0.29, 0.717) is 0 Å². The van der Waals surface area contributed by atoms with Crippen molar-refractivity contribution in [2.75, 3.05) is 36.7 Å². The molecule has 2 aliphatic heterocycles. The van der Waals surface area contributed by atoms with E-state index in [4.69, 9.17) is 30.2 Å². The second kappa shape index (κ2) is 17.7. The van der Waals surface area contributed by atoms with Crippen molar-refractivity contribution in [3.8, 4) is 0 Å². The van der Waals surface area contributed by atoms with Gasteiger partial charge in [0.25, 0.3) is 0 Å². The van der Waals surface area contributed by atoms with Crippen molar-refractivity contribution in [3.63, 3.8) is 0 Å². The van der Waals surface area contributed by atoms with Gasteiger partial charge in [-0.2, -0.15) is 4.98 Å². The van der Waals surface area contributed by atoms with Crippen LogP contribution < -0.4 is 22.5 Å². The Morgan fingerprint density at radius 3 is 2.51 bits per heavy atom. The molecule has 2 fully saturated rings. The van der Waals surface area contributed by atoms with E-state index < -0.39 is 123 Å². The number of amides is 1. The predicted molar refractivity (Wildman–Crippen MR) is 194 cm³/mol. The van der Waals surface area contributed by atoms with Crippen molar-refractivity contribution < 1.29 is 70.2 Å². The number of ether oxygens (including phenoxy) is 3. The van der Waals surface area contributed by atoms with Gasteiger partial charge in [0.05, 0.1) is 37.1 Å². The summed E-state index contributed by atoms with van der Waals surface area (Å²) >= 11 is 0. The number of hydrogen-bond acceptors (Lipinski definition) is 19. The zero-order valence-electron chi connectivity index (χ0n) is 30.0. The van der Waals surface area contributed by atoms with Gasteiger partial charge < -0.3 is 55.3 Å². The fraction of sp³-hybridized carbons (Fsp3) is 0.552. The Kier molecular flexibility index (Phi) is 13.7. The number of rotatable bonds is 18. The molecule has 0 bridgehead atoms. The minimum atomic E-state index is -5.13. The molecule has 0 saturated carbocycles. The van der Waals surface area contributed by atoms with Crippen LogP contribution in [0.15, 0.2) is 42.4 Å². The van der Waals surface area contributed by atoms with Crippen LogP contribution in [0.2, 0.25) is 0 Å². The van der Waals surface area contributed by atoms with Crippen molar-refractivity contribution in [1.29, 1.82) is 0 Å². The van der Waals surface area contributed by atoms with Gasteiger partial charge in [0, 0.05) is 25.3 Å². The fourth-order valence-electron chi connectivity index (χ4n) is 6.05. The molecule has 0 aliphatic carbocycles. The number of imidazole rings is 1. The van der Waals surface area contributed by atoms with Crippen molar-refractivity contribution >= 4 is 59.9 Å². The number of carbonyl (C=O) groups is 2. The van der Waals surface area contributed by atoms with Crippen LogP contribution in [0, 0.1) is 0 Å². The molecule has 0 spiro atoms. The van der Waals surface area contributed by atoms with Crippen molar-refractivity contribution in [1.82, 2.24) is 34.4 Å². The number of carbonyl (C=O) groups excluding carboxylic acids is 2. The number of esters is 1. The number of aliphatic hydroxyl groups is 1. The summed E-state index contributed by atoms with van der Waals surface area (Å²) in [6.07, 6.45) is -4.30. The zero-order chi connectivity index (χ0) is 41.9. The molecular formula is C29H41N9O16P2S. The molecule has 1 amide bonds.